The van der Waals surface area contributed by atoms with E-state index in [0.29, 0.717) is 20.8 Å². The summed E-state index contributed by atoms with van der Waals surface area (Å²) in [5.74, 6) is 0.423. The van der Waals surface area contributed by atoms with E-state index in [-0.39, 0.29) is 5.91 Å². The van der Waals surface area contributed by atoms with E-state index >= 15 is 0 Å². The molecule has 0 radical (unpaired) electrons. The lowest BCUT2D eigenvalue weighted by molar-refractivity contribution is 0.103. The molecule has 0 atom stereocenters. The van der Waals surface area contributed by atoms with Gasteiger partial charge in [0.25, 0.3) is 5.91 Å². The van der Waals surface area contributed by atoms with Crippen LogP contribution in [0.1, 0.15) is 21.1 Å². The Labute approximate surface area is 126 Å². The van der Waals surface area contributed by atoms with Crippen LogP contribution in [0, 0.1) is 13.8 Å². The van der Waals surface area contributed by atoms with Crippen molar-refractivity contribution >= 4 is 40.5 Å². The molecule has 0 aliphatic heterocycles. The van der Waals surface area contributed by atoms with Gasteiger partial charge in [0.15, 0.2) is 0 Å². The first-order chi connectivity index (χ1) is 9.38. The van der Waals surface area contributed by atoms with E-state index in [4.69, 9.17) is 11.6 Å². The molecule has 2 aromatic rings. The Bertz CT molecular complexity index is 631. The fourth-order valence-electron chi connectivity index (χ4n) is 1.69. The van der Waals surface area contributed by atoms with E-state index in [1.807, 2.05) is 32.8 Å². The average molecular weight is 311 g/mol. The van der Waals surface area contributed by atoms with E-state index < -0.39 is 0 Å². The van der Waals surface area contributed by atoms with Crippen molar-refractivity contribution in [3.63, 3.8) is 0 Å². The van der Waals surface area contributed by atoms with Crippen LogP contribution in [0.15, 0.2) is 12.1 Å². The number of hydrogen-bond donors (Lipinski definition) is 1. The predicted octanol–water partition coefficient (Wildman–Crippen LogP) is 3.13. The maximum atomic E-state index is 12.1. The molecule has 20 heavy (non-hydrogen) atoms. The largest absolute Gasteiger partial charge is 0.347 e. The number of aryl methyl sites for hydroxylation is 2. The van der Waals surface area contributed by atoms with Crippen molar-refractivity contribution < 1.29 is 4.79 Å². The molecule has 1 N–H and O–H groups in total. The summed E-state index contributed by atoms with van der Waals surface area (Å²) in [6, 6.07) is 3.40. The van der Waals surface area contributed by atoms with Crippen molar-refractivity contribution in [2.45, 2.75) is 13.8 Å². The summed E-state index contributed by atoms with van der Waals surface area (Å²) in [5.41, 5.74) is 2.11. The monoisotopic (exact) mass is 310 g/mol. The summed E-state index contributed by atoms with van der Waals surface area (Å²) >= 11 is 7.07. The van der Waals surface area contributed by atoms with Crippen LogP contribution >= 0.6 is 22.9 Å². The number of aromatic nitrogens is 2. The van der Waals surface area contributed by atoms with Crippen molar-refractivity contribution in [1.29, 1.82) is 0 Å². The Morgan fingerprint density at radius 1 is 1.25 bits per heavy atom. The minimum absolute atomic E-state index is 0.200. The molecule has 0 aromatic carbocycles. The molecular weight excluding hydrogens is 296 g/mol. The molecule has 0 saturated heterocycles. The van der Waals surface area contributed by atoms with E-state index in [1.165, 1.54) is 11.3 Å². The lowest BCUT2D eigenvalue weighted by Crippen LogP contribution is -2.18. The van der Waals surface area contributed by atoms with Crippen molar-refractivity contribution in [1.82, 2.24) is 9.97 Å². The van der Waals surface area contributed by atoms with Gasteiger partial charge in [0, 0.05) is 14.1 Å². The minimum Gasteiger partial charge on any atom is -0.347 e. The van der Waals surface area contributed by atoms with Gasteiger partial charge in [-0.25, -0.2) is 9.97 Å². The topological polar surface area (TPSA) is 58.1 Å². The standard InChI is InChI=1S/C13H15ClN4OS/c1-7-11(8(2)16-13(15-7)18(3)4)17-12(19)9-5-6-10(14)20-9/h5-6H,1-4H3,(H,17,19). The van der Waals surface area contributed by atoms with Gasteiger partial charge in [0.2, 0.25) is 5.95 Å². The maximum absolute atomic E-state index is 12.1. The van der Waals surface area contributed by atoms with Gasteiger partial charge in [-0.2, -0.15) is 0 Å². The average Bonchev–Trinajstić information content (AvgIpc) is 2.80. The highest BCUT2D eigenvalue weighted by Crippen LogP contribution is 2.24. The van der Waals surface area contributed by atoms with Crippen molar-refractivity contribution in [2.24, 2.45) is 0 Å². The number of anilines is 2. The number of halogens is 1. The predicted molar refractivity (Wildman–Crippen MR) is 83.1 cm³/mol. The molecule has 0 aliphatic carbocycles. The molecule has 106 valence electrons. The Morgan fingerprint density at radius 2 is 1.85 bits per heavy atom. The zero-order valence-corrected chi connectivity index (χ0v) is 13.3. The molecule has 7 heteroatoms. The SMILES string of the molecule is Cc1nc(N(C)C)nc(C)c1NC(=O)c1ccc(Cl)s1. The first kappa shape index (κ1) is 14.7. The molecule has 2 heterocycles. The van der Waals surface area contributed by atoms with Crippen LogP contribution in [-0.4, -0.2) is 30.0 Å². The number of hydrogen-bond acceptors (Lipinski definition) is 5. The number of nitrogens with zero attached hydrogens (tertiary/aromatic N) is 3. The van der Waals surface area contributed by atoms with Crippen LogP contribution in [0.3, 0.4) is 0 Å². The molecule has 0 spiro atoms. The first-order valence-electron chi connectivity index (χ1n) is 5.97. The van der Waals surface area contributed by atoms with Crippen molar-refractivity contribution in [3.8, 4) is 0 Å². The molecular formula is C13H15ClN4OS. The summed E-state index contributed by atoms with van der Waals surface area (Å²) in [6.07, 6.45) is 0. The van der Waals surface area contributed by atoms with Gasteiger partial charge in [-0.15, -0.1) is 11.3 Å². The van der Waals surface area contributed by atoms with Crippen molar-refractivity contribution in [3.05, 3.63) is 32.7 Å². The quantitative estimate of drug-likeness (QED) is 0.946. The van der Waals surface area contributed by atoms with Crippen LogP contribution < -0.4 is 10.2 Å². The minimum atomic E-state index is -0.200. The number of carbonyl (C=O) groups excluding carboxylic acids is 1. The first-order valence-corrected chi connectivity index (χ1v) is 7.17. The second-order valence-electron chi connectivity index (χ2n) is 4.52. The Morgan fingerprint density at radius 3 is 2.30 bits per heavy atom. The van der Waals surface area contributed by atoms with Crippen LogP contribution in [0.25, 0.3) is 0 Å². The molecule has 0 saturated carbocycles. The highest BCUT2D eigenvalue weighted by molar-refractivity contribution is 7.18. The molecule has 1 amide bonds. The summed E-state index contributed by atoms with van der Waals surface area (Å²) in [4.78, 5) is 23.2. The van der Waals surface area contributed by atoms with E-state index in [0.717, 1.165) is 11.4 Å². The fourth-order valence-corrected chi connectivity index (χ4v) is 2.63. The Balaban J connectivity index is 2.28. The maximum Gasteiger partial charge on any atom is 0.265 e. The van der Waals surface area contributed by atoms with Crippen molar-refractivity contribution in [2.75, 3.05) is 24.3 Å². The van der Waals surface area contributed by atoms with Crippen LogP contribution in [0.2, 0.25) is 4.34 Å². The second kappa shape index (κ2) is 5.76. The van der Waals surface area contributed by atoms with Crippen LogP contribution in [0.4, 0.5) is 11.6 Å². The zero-order valence-electron chi connectivity index (χ0n) is 11.7. The fraction of sp³-hybridized carbons (Fsp3) is 0.308. The van der Waals surface area contributed by atoms with Gasteiger partial charge < -0.3 is 10.2 Å². The number of nitrogens with one attached hydrogen (secondary N) is 1. The van der Waals surface area contributed by atoms with Crippen LogP contribution in [0.5, 0.6) is 0 Å². The molecule has 2 rings (SSSR count). The third-order valence-corrected chi connectivity index (χ3v) is 3.92. The van der Waals surface area contributed by atoms with Gasteiger partial charge in [-0.1, -0.05) is 11.6 Å². The number of rotatable bonds is 3. The van der Waals surface area contributed by atoms with Gasteiger partial charge in [0.05, 0.1) is 26.3 Å². The molecule has 0 aliphatic rings. The lowest BCUT2D eigenvalue weighted by Gasteiger charge is -2.15. The number of thiophene rings is 1. The molecule has 5 nitrogen and oxygen atoms in total. The van der Waals surface area contributed by atoms with Gasteiger partial charge in [0.1, 0.15) is 0 Å². The molecule has 2 aromatic heterocycles. The number of amides is 1. The summed E-state index contributed by atoms with van der Waals surface area (Å²) < 4.78 is 0.586. The molecule has 0 bridgehead atoms. The van der Waals surface area contributed by atoms with E-state index in [2.05, 4.69) is 15.3 Å². The normalized spacial score (nSPS) is 10.4. The van der Waals surface area contributed by atoms with Gasteiger partial charge in [-0.3, -0.25) is 4.79 Å². The lowest BCUT2D eigenvalue weighted by atomic mass is 10.2. The second-order valence-corrected chi connectivity index (χ2v) is 6.24. The van der Waals surface area contributed by atoms with E-state index in [9.17, 15) is 4.79 Å². The zero-order chi connectivity index (χ0) is 14.9. The third kappa shape index (κ3) is 3.08. The van der Waals surface area contributed by atoms with Crippen LogP contribution in [-0.2, 0) is 0 Å². The Hall–Kier alpha value is -1.66. The third-order valence-electron chi connectivity index (χ3n) is 2.69. The smallest absolute Gasteiger partial charge is 0.265 e. The highest BCUT2D eigenvalue weighted by Gasteiger charge is 2.15. The Kier molecular flexibility index (Phi) is 4.25. The summed E-state index contributed by atoms with van der Waals surface area (Å²) in [7, 11) is 3.75. The highest BCUT2D eigenvalue weighted by atomic mass is 35.5. The number of carbonyl (C=O) groups is 1. The van der Waals surface area contributed by atoms with Gasteiger partial charge >= 0.3 is 0 Å². The summed E-state index contributed by atoms with van der Waals surface area (Å²) in [6.45, 7) is 3.69. The van der Waals surface area contributed by atoms with E-state index in [1.54, 1.807) is 12.1 Å². The molecule has 0 unspecified atom stereocenters. The van der Waals surface area contributed by atoms with Gasteiger partial charge in [-0.05, 0) is 26.0 Å². The summed E-state index contributed by atoms with van der Waals surface area (Å²) in [5, 5.41) is 2.84. The molecule has 0 fully saturated rings.